The molecule has 0 radical (unpaired) electrons. The van der Waals surface area contributed by atoms with Crippen molar-refractivity contribution in [1.29, 1.82) is 0 Å². The van der Waals surface area contributed by atoms with Crippen molar-refractivity contribution in [1.82, 2.24) is 4.72 Å². The van der Waals surface area contributed by atoms with Gasteiger partial charge in [-0.15, -0.1) is 0 Å². The van der Waals surface area contributed by atoms with Gasteiger partial charge in [0.25, 0.3) is 0 Å². The Morgan fingerprint density at radius 3 is 1.00 bits per heavy atom. The molecule has 0 aromatic rings. The molecule has 564 valence electrons. The molecular formula is C36H61NO51S8. The van der Waals surface area contributed by atoms with Crippen LogP contribution in [0, 0.1) is 0 Å². The minimum Gasteiger partial charge on any atom is -0.479 e. The number of nitrogens with one attached hydrogen (secondary N) is 1. The Kier molecular flexibility index (Phi) is 29.0. The molecule has 0 aliphatic carbocycles. The predicted octanol–water partition coefficient (Wildman–Crippen LogP) is -9.63. The summed E-state index contributed by atoms with van der Waals surface area (Å²) < 4.78 is 389. The van der Waals surface area contributed by atoms with Crippen molar-refractivity contribution in [3.8, 4) is 0 Å². The van der Waals surface area contributed by atoms with Crippen molar-refractivity contribution >= 4 is 95.0 Å². The first kappa shape index (κ1) is 83.9. The van der Waals surface area contributed by atoms with E-state index in [-0.39, 0.29) is 0 Å². The molecule has 25 atom stereocenters. The molecule has 0 amide bonds. The Bertz CT molecular complexity index is 3580. The standard InChI is InChI=1S/C36H61NO51S8/c1-67-14-10(7-73-90(46,47)48)77-33(13(17(14)68-2)37-89(43,44)45)81-21-19(70-4)27(72-6)34(83-24(21)30(38)39)80-16-12(9-75-92(52,53)54)78-35(29(88-96(64,65)66)23(16)85-93(55,56)57)82-22-20(71-5)28(87-95(61,62)63)36(84-25(22)31(40)41)79-15-11(8-74-91(49,50)51)76-32(42)26(18(15)69-3)86-94(58,59)60/h10-29,32-37,42H,7-9H2,1-6H3,(H,38,39)(H,40,41)(H,43,44,45)(H,46,47,48)(H,49,50,51)(H,52,53,54)(H,55,56,57)(H,58,59,60)(H,61,62,63)(H,64,65,66). The number of aliphatic carboxylic acids is 2. The third-order valence-electron chi connectivity index (χ3n) is 13.5. The molecule has 0 saturated carbocycles. The molecule has 5 aliphatic heterocycles. The first-order valence-electron chi connectivity index (χ1n) is 25.3. The van der Waals surface area contributed by atoms with Gasteiger partial charge in [-0.25, -0.2) is 38.9 Å². The lowest BCUT2D eigenvalue weighted by atomic mass is 9.94. The van der Waals surface area contributed by atoms with Gasteiger partial charge in [-0.2, -0.15) is 72.1 Å². The maximum absolute atomic E-state index is 13.3. The van der Waals surface area contributed by atoms with Gasteiger partial charge in [-0.05, 0) is 0 Å². The average Bonchev–Trinajstić information content (AvgIpc) is 0.762. The van der Waals surface area contributed by atoms with Gasteiger partial charge in [-0.3, -0.25) is 36.4 Å². The fourth-order valence-electron chi connectivity index (χ4n) is 10.1. The van der Waals surface area contributed by atoms with E-state index in [1.165, 1.54) is 0 Å². The number of ether oxygens (including phenoxy) is 15. The van der Waals surface area contributed by atoms with E-state index in [9.17, 15) is 129 Å². The number of rotatable bonds is 35. The SMILES string of the molecule is COC1C(COS(=O)(=O)O)OC(OC2C(C(=O)O)OC(OC3C(COS(=O)(=O)O)OC(OC4C(C(=O)O)OC(OC5C(COS(=O)(=O)O)OC(O)C(OS(=O)(=O)O)C5OC)C(OS(=O)(=O)O)C4OC)C(OS(=O)(=O)O)C3OS(=O)(=O)O)C(OC)C2OC)C(NS(=O)(=O)O)C1OC. The molecule has 25 unspecified atom stereocenters. The average molecular weight is 1580 g/mol. The second-order valence-electron chi connectivity index (χ2n) is 19.5. The second kappa shape index (κ2) is 33.1. The van der Waals surface area contributed by atoms with Gasteiger partial charge >= 0.3 is 95.0 Å². The summed E-state index contributed by atoms with van der Waals surface area (Å²) in [6.45, 7) is -4.66. The van der Waals surface area contributed by atoms with Crippen LogP contribution in [0.1, 0.15) is 0 Å². The fourth-order valence-corrected chi connectivity index (χ4v) is 13.6. The minimum atomic E-state index is -6.32. The van der Waals surface area contributed by atoms with Gasteiger partial charge < -0.3 is 86.4 Å². The minimum absolute atomic E-state index is 0.511. The highest BCUT2D eigenvalue weighted by atomic mass is 32.3. The third kappa shape index (κ3) is 23.9. The Balaban J connectivity index is 1.66. The molecule has 96 heavy (non-hydrogen) atoms. The van der Waals surface area contributed by atoms with Gasteiger partial charge in [0.1, 0.15) is 91.5 Å². The molecule has 5 fully saturated rings. The largest absolute Gasteiger partial charge is 0.479 e. The van der Waals surface area contributed by atoms with Crippen LogP contribution in [0.2, 0.25) is 0 Å². The van der Waals surface area contributed by atoms with Gasteiger partial charge in [0.15, 0.2) is 62.0 Å². The zero-order chi connectivity index (χ0) is 73.0. The maximum Gasteiger partial charge on any atom is 0.397 e. The lowest BCUT2D eigenvalue weighted by Crippen LogP contribution is -2.70. The highest BCUT2D eigenvalue weighted by Gasteiger charge is 2.63. The van der Waals surface area contributed by atoms with Crippen LogP contribution in [0.5, 0.6) is 0 Å². The van der Waals surface area contributed by atoms with E-state index in [2.05, 4.69) is 29.3 Å². The molecule has 0 aromatic carbocycles. The number of carbonyl (C=O) groups is 2. The van der Waals surface area contributed by atoms with Crippen LogP contribution in [-0.2, 0) is 193 Å². The molecule has 60 heteroatoms. The molecule has 5 rings (SSSR count). The van der Waals surface area contributed by atoms with Crippen molar-refractivity contribution < 1.29 is 229 Å². The van der Waals surface area contributed by atoms with E-state index in [1.54, 1.807) is 4.72 Å². The van der Waals surface area contributed by atoms with E-state index in [0.29, 0.717) is 14.2 Å². The normalized spacial score (nSPS) is 37.3. The summed E-state index contributed by atoms with van der Waals surface area (Å²) in [6.07, 6.45) is -62.4. The van der Waals surface area contributed by atoms with Crippen LogP contribution in [0.3, 0.4) is 0 Å². The molecule has 5 aliphatic rings. The van der Waals surface area contributed by atoms with Crippen molar-refractivity contribution in [2.45, 2.75) is 153 Å². The van der Waals surface area contributed by atoms with Crippen molar-refractivity contribution in [2.24, 2.45) is 0 Å². The summed E-state index contributed by atoms with van der Waals surface area (Å²) in [5.41, 5.74) is 0. The number of methoxy groups -OCH3 is 6. The molecule has 5 heterocycles. The number of hydrogen-bond donors (Lipinski definition) is 12. The lowest BCUT2D eigenvalue weighted by molar-refractivity contribution is -0.384. The predicted molar refractivity (Wildman–Crippen MR) is 282 cm³/mol. The van der Waals surface area contributed by atoms with Crippen LogP contribution >= 0.6 is 0 Å². The topological polar surface area (TPSA) is 745 Å². The Morgan fingerprint density at radius 1 is 0.333 bits per heavy atom. The van der Waals surface area contributed by atoms with Crippen molar-refractivity contribution in [3.05, 3.63) is 0 Å². The second-order valence-corrected chi connectivity index (χ2v) is 28.1. The number of carboxylic acid groups (broad SMARTS) is 2. The molecule has 0 aromatic heterocycles. The van der Waals surface area contributed by atoms with Crippen LogP contribution in [0.15, 0.2) is 0 Å². The molecule has 12 N–H and O–H groups in total. The number of aliphatic hydroxyl groups excluding tert-OH is 1. The van der Waals surface area contributed by atoms with Gasteiger partial charge in [0.05, 0.1) is 19.8 Å². The molecule has 0 spiro atoms. The summed E-state index contributed by atoms with van der Waals surface area (Å²) in [5, 5.41) is 32.0. The van der Waals surface area contributed by atoms with E-state index in [1.807, 2.05) is 0 Å². The fraction of sp³-hybridized carbons (Fsp3) is 0.944. The molecular weight excluding hydrogens is 1520 g/mol. The first-order chi connectivity index (χ1) is 43.9. The zero-order valence-corrected chi connectivity index (χ0v) is 55.1. The van der Waals surface area contributed by atoms with Crippen molar-refractivity contribution in [2.75, 3.05) is 62.5 Å². The quantitative estimate of drug-likeness (QED) is 0.0262. The van der Waals surface area contributed by atoms with Crippen molar-refractivity contribution in [3.63, 3.8) is 0 Å². The van der Waals surface area contributed by atoms with E-state index < -0.39 is 268 Å². The highest BCUT2D eigenvalue weighted by molar-refractivity contribution is 7.84. The molecule has 52 nitrogen and oxygen atoms in total. The molecule has 0 bridgehead atoms. The third-order valence-corrected chi connectivity index (χ3v) is 17.2. The lowest BCUT2D eigenvalue weighted by Gasteiger charge is -2.51. The highest BCUT2D eigenvalue weighted by Crippen LogP contribution is 2.41. The van der Waals surface area contributed by atoms with E-state index >= 15 is 0 Å². The summed E-state index contributed by atoms with van der Waals surface area (Å²) in [7, 11) is -42.1. The van der Waals surface area contributed by atoms with Crippen LogP contribution in [0.4, 0.5) is 0 Å². The maximum atomic E-state index is 13.3. The number of carboxylic acids is 2. The van der Waals surface area contributed by atoms with E-state index in [0.717, 1.165) is 28.4 Å². The zero-order valence-electron chi connectivity index (χ0n) is 48.6. The summed E-state index contributed by atoms with van der Waals surface area (Å²) in [4.78, 5) is 26.6. The van der Waals surface area contributed by atoms with E-state index in [4.69, 9.17) is 71.1 Å². The number of hydrogen-bond acceptors (Lipinski definition) is 41. The first-order valence-corrected chi connectivity index (χ1v) is 36.3. The Hall–Kier alpha value is -2.74. The van der Waals surface area contributed by atoms with Crippen LogP contribution in [-0.4, -0.2) is 347 Å². The smallest absolute Gasteiger partial charge is 0.397 e. The van der Waals surface area contributed by atoms with Crippen LogP contribution < -0.4 is 4.72 Å². The van der Waals surface area contributed by atoms with Gasteiger partial charge in [-0.1, -0.05) is 0 Å². The van der Waals surface area contributed by atoms with Gasteiger partial charge in [0.2, 0.25) is 0 Å². The summed E-state index contributed by atoms with van der Waals surface area (Å²) in [5.74, 6) is -4.58. The summed E-state index contributed by atoms with van der Waals surface area (Å²) >= 11 is 0. The summed E-state index contributed by atoms with van der Waals surface area (Å²) in [6, 6.07) is -2.12. The Morgan fingerprint density at radius 2 is 0.625 bits per heavy atom. The Labute approximate surface area is 542 Å². The monoisotopic (exact) mass is 1580 g/mol. The van der Waals surface area contributed by atoms with Crippen LogP contribution in [0.25, 0.3) is 0 Å². The molecule has 5 saturated heterocycles. The number of aliphatic hydroxyl groups is 1. The van der Waals surface area contributed by atoms with Gasteiger partial charge in [0, 0.05) is 42.7 Å².